The van der Waals surface area contributed by atoms with Gasteiger partial charge >= 0.3 is 0 Å². The lowest BCUT2D eigenvalue weighted by Crippen LogP contribution is -2.27. The van der Waals surface area contributed by atoms with Crippen LogP contribution in [-0.2, 0) is 9.47 Å². The Balaban J connectivity index is 1.90. The van der Waals surface area contributed by atoms with Crippen molar-refractivity contribution in [2.45, 2.75) is 52.7 Å². The second-order valence-corrected chi connectivity index (χ2v) is 6.38. The Labute approximate surface area is 99.7 Å². The molecule has 2 nitrogen and oxygen atoms in total. The van der Waals surface area contributed by atoms with Crippen molar-refractivity contribution in [2.24, 2.45) is 23.7 Å². The molecule has 2 aliphatic heterocycles. The van der Waals surface area contributed by atoms with E-state index in [4.69, 9.17) is 9.47 Å². The summed E-state index contributed by atoms with van der Waals surface area (Å²) < 4.78 is 12.0. The third kappa shape index (κ3) is 2.60. The predicted octanol–water partition coefficient (Wildman–Crippen LogP) is 3.11. The number of rotatable bonds is 4. The molecular formula is C14H26O2. The highest BCUT2D eigenvalue weighted by atomic mass is 16.6. The maximum absolute atomic E-state index is 5.98. The van der Waals surface area contributed by atoms with Crippen LogP contribution in [0.1, 0.15) is 40.5 Å². The van der Waals surface area contributed by atoms with Crippen molar-refractivity contribution in [2.75, 3.05) is 13.2 Å². The first kappa shape index (κ1) is 12.4. The van der Waals surface area contributed by atoms with Crippen molar-refractivity contribution in [3.63, 3.8) is 0 Å². The fourth-order valence-corrected chi connectivity index (χ4v) is 3.27. The van der Waals surface area contributed by atoms with Crippen molar-refractivity contribution in [3.8, 4) is 0 Å². The molecule has 2 heteroatoms. The summed E-state index contributed by atoms with van der Waals surface area (Å²) in [5, 5.41) is 0. The van der Waals surface area contributed by atoms with E-state index >= 15 is 0 Å². The maximum atomic E-state index is 5.98. The Kier molecular flexibility index (Phi) is 3.91. The average molecular weight is 226 g/mol. The highest BCUT2D eigenvalue weighted by Crippen LogP contribution is 2.39. The van der Waals surface area contributed by atoms with Crippen LogP contribution >= 0.6 is 0 Å². The molecule has 0 aliphatic carbocycles. The molecule has 2 fully saturated rings. The van der Waals surface area contributed by atoms with Gasteiger partial charge < -0.3 is 9.47 Å². The van der Waals surface area contributed by atoms with Crippen LogP contribution in [0.15, 0.2) is 0 Å². The fraction of sp³-hybridized carbons (Fsp3) is 1.00. The van der Waals surface area contributed by atoms with Gasteiger partial charge in [0, 0.05) is 11.8 Å². The van der Waals surface area contributed by atoms with E-state index in [9.17, 15) is 0 Å². The van der Waals surface area contributed by atoms with E-state index in [-0.39, 0.29) is 0 Å². The predicted molar refractivity (Wildman–Crippen MR) is 65.4 cm³/mol. The maximum Gasteiger partial charge on any atom is 0.0890 e. The van der Waals surface area contributed by atoms with Gasteiger partial charge in [-0.2, -0.15) is 0 Å². The number of hydrogen-bond acceptors (Lipinski definition) is 2. The standard InChI is InChI=1S/C14H26O2/c1-9(2)5-11-7-15-14-12(6-10(3)4)8-16-13(11)14/h9-14H,5-8H2,1-4H3. The molecule has 2 aliphatic rings. The lowest BCUT2D eigenvalue weighted by atomic mass is 9.87. The molecule has 0 saturated carbocycles. The zero-order valence-electron chi connectivity index (χ0n) is 11.1. The molecule has 0 N–H and O–H groups in total. The first-order valence-corrected chi connectivity index (χ1v) is 6.81. The van der Waals surface area contributed by atoms with E-state index in [0.29, 0.717) is 24.0 Å². The smallest absolute Gasteiger partial charge is 0.0890 e. The first-order chi connectivity index (χ1) is 7.58. The minimum Gasteiger partial charge on any atom is -0.375 e. The largest absolute Gasteiger partial charge is 0.375 e. The van der Waals surface area contributed by atoms with Gasteiger partial charge in [-0.15, -0.1) is 0 Å². The van der Waals surface area contributed by atoms with Gasteiger partial charge in [-0.05, 0) is 24.7 Å². The molecule has 0 spiro atoms. The molecule has 2 saturated heterocycles. The lowest BCUT2D eigenvalue weighted by molar-refractivity contribution is 0.0575. The molecular weight excluding hydrogens is 200 g/mol. The zero-order chi connectivity index (χ0) is 11.7. The second kappa shape index (κ2) is 5.05. The minimum atomic E-state index is 0.395. The third-order valence-corrected chi connectivity index (χ3v) is 3.81. The second-order valence-electron chi connectivity index (χ2n) is 6.38. The summed E-state index contributed by atoms with van der Waals surface area (Å²) in [6.07, 6.45) is 3.28. The third-order valence-electron chi connectivity index (χ3n) is 3.81. The molecule has 4 unspecified atom stereocenters. The quantitative estimate of drug-likeness (QED) is 0.733. The molecule has 2 heterocycles. The monoisotopic (exact) mass is 226 g/mol. The van der Waals surface area contributed by atoms with Crippen LogP contribution in [0, 0.1) is 23.7 Å². The van der Waals surface area contributed by atoms with Crippen molar-refractivity contribution >= 4 is 0 Å². The summed E-state index contributed by atoms with van der Waals surface area (Å²) >= 11 is 0. The molecule has 0 radical (unpaired) electrons. The summed E-state index contributed by atoms with van der Waals surface area (Å²) in [5.74, 6) is 2.78. The Morgan fingerprint density at radius 1 is 0.812 bits per heavy atom. The highest BCUT2D eigenvalue weighted by Gasteiger charge is 2.47. The summed E-state index contributed by atoms with van der Waals surface area (Å²) in [6.45, 7) is 11.0. The van der Waals surface area contributed by atoms with Gasteiger partial charge in [0.1, 0.15) is 0 Å². The van der Waals surface area contributed by atoms with Gasteiger partial charge in [0.05, 0.1) is 25.4 Å². The summed E-state index contributed by atoms with van der Waals surface area (Å²) in [6, 6.07) is 0. The Bertz CT molecular complexity index is 201. The number of hydrogen-bond donors (Lipinski definition) is 0. The highest BCUT2D eigenvalue weighted by molar-refractivity contribution is 4.94. The van der Waals surface area contributed by atoms with Crippen molar-refractivity contribution in [3.05, 3.63) is 0 Å². The van der Waals surface area contributed by atoms with Crippen LogP contribution < -0.4 is 0 Å². The van der Waals surface area contributed by atoms with E-state index in [1.807, 2.05) is 0 Å². The molecule has 94 valence electrons. The molecule has 0 aromatic heterocycles. The van der Waals surface area contributed by atoms with Crippen LogP contribution in [0.5, 0.6) is 0 Å². The lowest BCUT2D eigenvalue weighted by Gasteiger charge is -2.18. The van der Waals surface area contributed by atoms with Gasteiger partial charge in [0.15, 0.2) is 0 Å². The van der Waals surface area contributed by atoms with Gasteiger partial charge in [-0.25, -0.2) is 0 Å². The van der Waals surface area contributed by atoms with Gasteiger partial charge in [0.25, 0.3) is 0 Å². The van der Waals surface area contributed by atoms with Crippen molar-refractivity contribution in [1.82, 2.24) is 0 Å². The summed E-state index contributed by atoms with van der Waals surface area (Å²) in [7, 11) is 0. The van der Waals surface area contributed by atoms with E-state index in [1.54, 1.807) is 0 Å². The zero-order valence-corrected chi connectivity index (χ0v) is 11.1. The van der Waals surface area contributed by atoms with E-state index < -0.39 is 0 Å². The van der Waals surface area contributed by atoms with Crippen LogP contribution in [0.2, 0.25) is 0 Å². The fourth-order valence-electron chi connectivity index (χ4n) is 3.27. The Morgan fingerprint density at radius 3 is 1.50 bits per heavy atom. The van der Waals surface area contributed by atoms with E-state index in [2.05, 4.69) is 27.7 Å². The number of fused-ring (bicyclic) bond motifs is 1. The summed E-state index contributed by atoms with van der Waals surface area (Å²) in [5.41, 5.74) is 0. The first-order valence-electron chi connectivity index (χ1n) is 6.81. The van der Waals surface area contributed by atoms with Gasteiger partial charge in [-0.1, -0.05) is 27.7 Å². The van der Waals surface area contributed by atoms with Gasteiger partial charge in [-0.3, -0.25) is 0 Å². The van der Waals surface area contributed by atoms with Crippen molar-refractivity contribution < 1.29 is 9.47 Å². The molecule has 16 heavy (non-hydrogen) atoms. The Hall–Kier alpha value is -0.0800. The molecule has 2 rings (SSSR count). The van der Waals surface area contributed by atoms with Crippen LogP contribution in [0.25, 0.3) is 0 Å². The number of ether oxygens (including phenoxy) is 2. The normalized spacial score (nSPS) is 38.6. The van der Waals surface area contributed by atoms with Crippen LogP contribution in [-0.4, -0.2) is 25.4 Å². The topological polar surface area (TPSA) is 18.5 Å². The molecule has 0 amide bonds. The van der Waals surface area contributed by atoms with Gasteiger partial charge in [0.2, 0.25) is 0 Å². The van der Waals surface area contributed by atoms with E-state index in [1.165, 1.54) is 12.8 Å². The SMILES string of the molecule is CC(C)CC1COC2C(CC(C)C)COC12. The van der Waals surface area contributed by atoms with Crippen LogP contribution in [0.3, 0.4) is 0 Å². The molecule has 0 aromatic rings. The molecule has 0 aromatic carbocycles. The Morgan fingerprint density at radius 2 is 1.19 bits per heavy atom. The van der Waals surface area contributed by atoms with Crippen LogP contribution in [0.4, 0.5) is 0 Å². The molecule has 0 bridgehead atoms. The van der Waals surface area contributed by atoms with Crippen molar-refractivity contribution in [1.29, 1.82) is 0 Å². The molecule has 4 atom stereocenters. The summed E-state index contributed by atoms with van der Waals surface area (Å²) in [4.78, 5) is 0. The minimum absolute atomic E-state index is 0.395. The average Bonchev–Trinajstić information content (AvgIpc) is 2.70. The van der Waals surface area contributed by atoms with E-state index in [0.717, 1.165) is 25.0 Å².